The van der Waals surface area contributed by atoms with Crippen LogP contribution in [-0.4, -0.2) is 14.9 Å². The van der Waals surface area contributed by atoms with Crippen molar-refractivity contribution in [3.8, 4) is 0 Å². The molecule has 19 heavy (non-hydrogen) atoms. The zero-order valence-electron chi connectivity index (χ0n) is 11.1. The molecule has 0 aromatic carbocycles. The van der Waals surface area contributed by atoms with Gasteiger partial charge in [-0.2, -0.15) is 5.10 Å². The molecule has 2 heterocycles. The van der Waals surface area contributed by atoms with Gasteiger partial charge in [0.1, 0.15) is 5.76 Å². The standard InChI is InChI=1S/C13H18N4OS/c1-3-17-9-11(10(2)16-17)7-14-13(19)15-8-12-5-4-6-18-12/h4-6,9H,3,7-8H2,1-2H3,(H2,14,15,19). The van der Waals surface area contributed by atoms with Crippen molar-refractivity contribution in [2.45, 2.75) is 33.5 Å². The molecule has 0 unspecified atom stereocenters. The fourth-order valence-electron chi connectivity index (χ4n) is 1.71. The molecule has 2 aromatic heterocycles. The minimum absolute atomic E-state index is 0.589. The molecule has 0 saturated carbocycles. The average Bonchev–Trinajstić information content (AvgIpc) is 3.03. The van der Waals surface area contributed by atoms with Crippen LogP contribution in [0.3, 0.4) is 0 Å². The quantitative estimate of drug-likeness (QED) is 0.819. The number of furan rings is 1. The summed E-state index contributed by atoms with van der Waals surface area (Å²) in [5.41, 5.74) is 2.19. The Labute approximate surface area is 118 Å². The first-order valence-electron chi connectivity index (χ1n) is 6.26. The van der Waals surface area contributed by atoms with Crippen LogP contribution >= 0.6 is 12.2 Å². The molecule has 0 aliphatic heterocycles. The molecule has 0 amide bonds. The SMILES string of the molecule is CCn1cc(CNC(=S)NCc2ccco2)c(C)n1. The van der Waals surface area contributed by atoms with E-state index in [0.29, 0.717) is 18.2 Å². The lowest BCUT2D eigenvalue weighted by atomic mass is 10.3. The van der Waals surface area contributed by atoms with Gasteiger partial charge in [0.25, 0.3) is 0 Å². The van der Waals surface area contributed by atoms with E-state index >= 15 is 0 Å². The fourth-order valence-corrected chi connectivity index (χ4v) is 1.86. The number of hydrogen-bond donors (Lipinski definition) is 2. The summed E-state index contributed by atoms with van der Waals surface area (Å²) >= 11 is 5.21. The number of aromatic nitrogens is 2. The Balaban J connectivity index is 1.78. The first-order chi connectivity index (χ1) is 9.19. The molecule has 2 rings (SSSR count). The molecule has 5 nitrogen and oxygen atoms in total. The normalized spacial score (nSPS) is 10.4. The Kier molecular flexibility index (Phi) is 4.57. The molecule has 0 atom stereocenters. The van der Waals surface area contributed by atoms with E-state index in [2.05, 4.69) is 22.7 Å². The van der Waals surface area contributed by atoms with Crippen molar-refractivity contribution >= 4 is 17.3 Å². The van der Waals surface area contributed by atoms with Crippen molar-refractivity contribution in [3.63, 3.8) is 0 Å². The fraction of sp³-hybridized carbons (Fsp3) is 0.385. The Hall–Kier alpha value is -1.82. The van der Waals surface area contributed by atoms with Crippen LogP contribution in [0, 0.1) is 6.92 Å². The van der Waals surface area contributed by atoms with Gasteiger partial charge in [-0.1, -0.05) is 0 Å². The summed E-state index contributed by atoms with van der Waals surface area (Å²) < 4.78 is 7.14. The Morgan fingerprint density at radius 1 is 1.42 bits per heavy atom. The van der Waals surface area contributed by atoms with Crippen molar-refractivity contribution in [1.29, 1.82) is 0 Å². The van der Waals surface area contributed by atoms with E-state index in [1.54, 1.807) is 6.26 Å². The molecule has 0 bridgehead atoms. The van der Waals surface area contributed by atoms with Crippen molar-refractivity contribution in [1.82, 2.24) is 20.4 Å². The smallest absolute Gasteiger partial charge is 0.166 e. The van der Waals surface area contributed by atoms with Crippen LogP contribution < -0.4 is 10.6 Å². The summed E-state index contributed by atoms with van der Waals surface area (Å²) in [6.07, 6.45) is 3.69. The molecule has 102 valence electrons. The van der Waals surface area contributed by atoms with Crippen LogP contribution in [0.5, 0.6) is 0 Å². The number of nitrogens with zero attached hydrogens (tertiary/aromatic N) is 2. The van der Waals surface area contributed by atoms with E-state index in [1.165, 1.54) is 0 Å². The highest BCUT2D eigenvalue weighted by molar-refractivity contribution is 7.80. The van der Waals surface area contributed by atoms with Crippen LogP contribution in [-0.2, 0) is 19.6 Å². The second-order valence-electron chi connectivity index (χ2n) is 4.21. The average molecular weight is 278 g/mol. The highest BCUT2D eigenvalue weighted by atomic mass is 32.1. The van der Waals surface area contributed by atoms with E-state index in [4.69, 9.17) is 16.6 Å². The van der Waals surface area contributed by atoms with Crippen molar-refractivity contribution < 1.29 is 4.42 Å². The van der Waals surface area contributed by atoms with Gasteiger partial charge in [-0.05, 0) is 38.2 Å². The van der Waals surface area contributed by atoms with Crippen LogP contribution in [0.4, 0.5) is 0 Å². The van der Waals surface area contributed by atoms with Crippen LogP contribution in [0.2, 0.25) is 0 Å². The lowest BCUT2D eigenvalue weighted by Gasteiger charge is -2.08. The maximum atomic E-state index is 5.22. The predicted molar refractivity (Wildman–Crippen MR) is 77.6 cm³/mol. The highest BCUT2D eigenvalue weighted by Crippen LogP contribution is 2.05. The summed E-state index contributed by atoms with van der Waals surface area (Å²) in [4.78, 5) is 0. The van der Waals surface area contributed by atoms with Crippen molar-refractivity contribution in [2.24, 2.45) is 0 Å². The van der Waals surface area contributed by atoms with Crippen molar-refractivity contribution in [2.75, 3.05) is 0 Å². The predicted octanol–water partition coefficient (Wildman–Crippen LogP) is 1.97. The molecule has 0 fully saturated rings. The van der Waals surface area contributed by atoms with Gasteiger partial charge in [0.05, 0.1) is 18.5 Å². The molecular weight excluding hydrogens is 260 g/mol. The molecule has 0 spiro atoms. The van der Waals surface area contributed by atoms with Crippen LogP contribution in [0.15, 0.2) is 29.0 Å². The lowest BCUT2D eigenvalue weighted by Crippen LogP contribution is -2.34. The molecular formula is C13H18N4OS. The maximum Gasteiger partial charge on any atom is 0.166 e. The molecule has 0 aliphatic carbocycles. The third-order valence-corrected chi connectivity index (χ3v) is 3.10. The van der Waals surface area contributed by atoms with E-state index in [0.717, 1.165) is 23.6 Å². The Bertz CT molecular complexity index is 533. The van der Waals surface area contributed by atoms with E-state index in [1.807, 2.05) is 29.9 Å². The molecule has 2 aromatic rings. The van der Waals surface area contributed by atoms with E-state index < -0.39 is 0 Å². The number of hydrogen-bond acceptors (Lipinski definition) is 3. The minimum Gasteiger partial charge on any atom is -0.467 e. The number of thiocarbonyl (C=S) groups is 1. The first-order valence-corrected chi connectivity index (χ1v) is 6.67. The van der Waals surface area contributed by atoms with Gasteiger partial charge < -0.3 is 15.1 Å². The molecule has 0 saturated heterocycles. The van der Waals surface area contributed by atoms with Crippen LogP contribution in [0.25, 0.3) is 0 Å². The maximum absolute atomic E-state index is 5.22. The van der Waals surface area contributed by atoms with Gasteiger partial charge in [-0.3, -0.25) is 4.68 Å². The largest absolute Gasteiger partial charge is 0.467 e. The first kappa shape index (κ1) is 13.6. The highest BCUT2D eigenvalue weighted by Gasteiger charge is 2.05. The summed E-state index contributed by atoms with van der Waals surface area (Å²) in [7, 11) is 0. The monoisotopic (exact) mass is 278 g/mol. The van der Waals surface area contributed by atoms with Gasteiger partial charge in [0.2, 0.25) is 0 Å². The second-order valence-corrected chi connectivity index (χ2v) is 4.62. The number of nitrogens with one attached hydrogen (secondary N) is 2. The summed E-state index contributed by atoms with van der Waals surface area (Å²) in [6, 6.07) is 3.76. The Morgan fingerprint density at radius 3 is 2.84 bits per heavy atom. The van der Waals surface area contributed by atoms with Gasteiger partial charge >= 0.3 is 0 Å². The summed E-state index contributed by atoms with van der Waals surface area (Å²) in [5, 5.41) is 11.3. The van der Waals surface area contributed by atoms with E-state index in [-0.39, 0.29) is 0 Å². The molecule has 0 radical (unpaired) electrons. The third kappa shape index (κ3) is 3.82. The molecule has 2 N–H and O–H groups in total. The number of aryl methyl sites for hydroxylation is 2. The minimum atomic E-state index is 0.589. The number of rotatable bonds is 5. The molecule has 6 heteroatoms. The Morgan fingerprint density at radius 2 is 2.21 bits per heavy atom. The van der Waals surface area contributed by atoms with Gasteiger partial charge in [0.15, 0.2) is 5.11 Å². The third-order valence-electron chi connectivity index (χ3n) is 2.81. The summed E-state index contributed by atoms with van der Waals surface area (Å²) in [6.45, 7) is 6.21. The van der Waals surface area contributed by atoms with Crippen LogP contribution in [0.1, 0.15) is 23.9 Å². The van der Waals surface area contributed by atoms with Crippen molar-refractivity contribution in [3.05, 3.63) is 41.6 Å². The topological polar surface area (TPSA) is 55.0 Å². The van der Waals surface area contributed by atoms with E-state index in [9.17, 15) is 0 Å². The molecule has 0 aliphatic rings. The lowest BCUT2D eigenvalue weighted by molar-refractivity contribution is 0.502. The van der Waals surface area contributed by atoms with Gasteiger partial charge in [-0.25, -0.2) is 0 Å². The second kappa shape index (κ2) is 6.38. The zero-order chi connectivity index (χ0) is 13.7. The summed E-state index contributed by atoms with van der Waals surface area (Å²) in [5.74, 6) is 0.860. The zero-order valence-corrected chi connectivity index (χ0v) is 12.0. The van der Waals surface area contributed by atoms with Gasteiger partial charge in [-0.15, -0.1) is 0 Å². The van der Waals surface area contributed by atoms with Gasteiger partial charge in [0, 0.05) is 24.8 Å².